The van der Waals surface area contributed by atoms with Crippen LogP contribution in [0.5, 0.6) is 0 Å². The lowest BCUT2D eigenvalue weighted by atomic mass is 10.2. The Balaban J connectivity index is 2.22. The molecule has 0 aromatic carbocycles. The molecular formula is C13H23NOS2. The van der Waals surface area contributed by atoms with E-state index < -0.39 is 0 Å². The Hall–Kier alpha value is -0.0300. The minimum Gasteiger partial charge on any atom is -0.387 e. The van der Waals surface area contributed by atoms with E-state index in [1.165, 1.54) is 0 Å². The molecule has 4 heteroatoms. The van der Waals surface area contributed by atoms with E-state index in [-0.39, 0.29) is 6.10 Å². The third-order valence-corrected chi connectivity index (χ3v) is 4.59. The van der Waals surface area contributed by atoms with Gasteiger partial charge in [0.25, 0.3) is 0 Å². The van der Waals surface area contributed by atoms with Gasteiger partial charge in [-0.05, 0) is 29.3 Å². The summed E-state index contributed by atoms with van der Waals surface area (Å²) in [7, 11) is 0. The smallest absolute Gasteiger partial charge is 0.0922 e. The Kier molecular flexibility index (Phi) is 6.00. The molecule has 0 spiro atoms. The number of thiophene rings is 1. The van der Waals surface area contributed by atoms with Crippen molar-refractivity contribution in [2.24, 2.45) is 0 Å². The highest BCUT2D eigenvalue weighted by atomic mass is 32.2. The van der Waals surface area contributed by atoms with Gasteiger partial charge in [-0.1, -0.05) is 20.8 Å². The van der Waals surface area contributed by atoms with Crippen LogP contribution in [-0.2, 0) is 0 Å². The second kappa shape index (κ2) is 6.78. The first-order valence-electron chi connectivity index (χ1n) is 5.96. The first-order chi connectivity index (χ1) is 7.88. The fourth-order valence-corrected chi connectivity index (χ4v) is 2.90. The lowest BCUT2D eigenvalue weighted by Crippen LogP contribution is -2.33. The SMILES string of the molecule is C[C@H](CSC(C)(C)C)NC[C@H](O)c1ccsc1. The monoisotopic (exact) mass is 273 g/mol. The lowest BCUT2D eigenvalue weighted by molar-refractivity contribution is 0.172. The van der Waals surface area contributed by atoms with Gasteiger partial charge in [0.05, 0.1) is 6.10 Å². The first kappa shape index (κ1) is 15.0. The quantitative estimate of drug-likeness (QED) is 0.834. The van der Waals surface area contributed by atoms with Crippen LogP contribution >= 0.6 is 23.1 Å². The number of nitrogens with one attached hydrogen (secondary N) is 1. The molecule has 98 valence electrons. The number of hydrogen-bond acceptors (Lipinski definition) is 4. The summed E-state index contributed by atoms with van der Waals surface area (Å²) in [5, 5.41) is 17.3. The molecule has 1 rings (SSSR count). The van der Waals surface area contributed by atoms with Crippen LogP contribution in [0.1, 0.15) is 39.4 Å². The Labute approximate surface area is 113 Å². The summed E-state index contributed by atoms with van der Waals surface area (Å²) in [5.74, 6) is 1.07. The molecule has 0 bridgehead atoms. The van der Waals surface area contributed by atoms with Crippen LogP contribution in [0.2, 0.25) is 0 Å². The van der Waals surface area contributed by atoms with Gasteiger partial charge in [-0.15, -0.1) is 0 Å². The largest absolute Gasteiger partial charge is 0.387 e. The van der Waals surface area contributed by atoms with E-state index in [9.17, 15) is 5.11 Å². The molecule has 1 heterocycles. The van der Waals surface area contributed by atoms with E-state index in [0.717, 1.165) is 11.3 Å². The highest BCUT2D eigenvalue weighted by Gasteiger charge is 2.14. The highest BCUT2D eigenvalue weighted by Crippen LogP contribution is 2.23. The van der Waals surface area contributed by atoms with E-state index in [1.807, 2.05) is 28.6 Å². The van der Waals surface area contributed by atoms with Crippen LogP contribution in [0.3, 0.4) is 0 Å². The summed E-state index contributed by atoms with van der Waals surface area (Å²) in [5.41, 5.74) is 1.01. The number of rotatable bonds is 6. The summed E-state index contributed by atoms with van der Waals surface area (Å²) in [4.78, 5) is 0. The fourth-order valence-electron chi connectivity index (χ4n) is 1.33. The molecule has 0 unspecified atom stereocenters. The molecule has 17 heavy (non-hydrogen) atoms. The fraction of sp³-hybridized carbons (Fsp3) is 0.692. The van der Waals surface area contributed by atoms with Gasteiger partial charge >= 0.3 is 0 Å². The summed E-state index contributed by atoms with van der Waals surface area (Å²) in [6, 6.07) is 2.40. The van der Waals surface area contributed by atoms with Gasteiger partial charge in [-0.25, -0.2) is 0 Å². The van der Waals surface area contributed by atoms with Gasteiger partial charge in [0.1, 0.15) is 0 Å². The minimum atomic E-state index is -0.386. The van der Waals surface area contributed by atoms with Crippen molar-refractivity contribution >= 4 is 23.1 Å². The van der Waals surface area contributed by atoms with Gasteiger partial charge < -0.3 is 10.4 Å². The Morgan fingerprint density at radius 2 is 2.18 bits per heavy atom. The molecule has 0 aliphatic heterocycles. The molecule has 0 radical (unpaired) electrons. The molecule has 2 atom stereocenters. The predicted octanol–water partition coefficient (Wildman–Crippen LogP) is 3.29. The normalized spacial score (nSPS) is 15.8. The zero-order chi connectivity index (χ0) is 12.9. The molecule has 1 aromatic rings. The average Bonchev–Trinajstić information content (AvgIpc) is 2.75. The second-order valence-corrected chi connectivity index (χ2v) is 7.93. The molecule has 0 fully saturated rings. The summed E-state index contributed by atoms with van der Waals surface area (Å²) in [6.45, 7) is 9.47. The van der Waals surface area contributed by atoms with Gasteiger partial charge in [-0.3, -0.25) is 0 Å². The molecule has 0 amide bonds. The second-order valence-electron chi connectivity index (χ2n) is 5.31. The van der Waals surface area contributed by atoms with E-state index in [4.69, 9.17) is 0 Å². The van der Waals surface area contributed by atoms with Crippen molar-refractivity contribution in [3.8, 4) is 0 Å². The Morgan fingerprint density at radius 3 is 2.71 bits per heavy atom. The summed E-state index contributed by atoms with van der Waals surface area (Å²) < 4.78 is 0.307. The topological polar surface area (TPSA) is 32.3 Å². The molecule has 2 nitrogen and oxygen atoms in total. The van der Waals surface area contributed by atoms with E-state index in [0.29, 0.717) is 17.3 Å². The number of hydrogen-bond donors (Lipinski definition) is 2. The van der Waals surface area contributed by atoms with Crippen molar-refractivity contribution < 1.29 is 5.11 Å². The standard InChI is InChI=1S/C13H23NOS2/c1-10(8-17-13(2,3)4)14-7-12(15)11-5-6-16-9-11/h5-6,9-10,12,14-15H,7-8H2,1-4H3/t10-,12+/m1/s1. The zero-order valence-corrected chi connectivity index (χ0v) is 12.7. The maximum absolute atomic E-state index is 9.92. The van der Waals surface area contributed by atoms with Crippen molar-refractivity contribution in [2.45, 2.75) is 44.6 Å². The molecule has 0 saturated carbocycles. The Bertz CT molecular complexity index is 306. The van der Waals surface area contributed by atoms with Crippen LogP contribution in [-0.4, -0.2) is 28.2 Å². The maximum Gasteiger partial charge on any atom is 0.0922 e. The van der Waals surface area contributed by atoms with Gasteiger partial charge in [-0.2, -0.15) is 23.1 Å². The number of thioether (sulfide) groups is 1. The van der Waals surface area contributed by atoms with Crippen molar-refractivity contribution in [3.63, 3.8) is 0 Å². The van der Waals surface area contributed by atoms with Gasteiger partial charge in [0, 0.05) is 23.1 Å². The van der Waals surface area contributed by atoms with Crippen LogP contribution in [0.15, 0.2) is 16.8 Å². The van der Waals surface area contributed by atoms with Crippen LogP contribution in [0.25, 0.3) is 0 Å². The number of aliphatic hydroxyl groups is 1. The first-order valence-corrected chi connectivity index (χ1v) is 7.89. The summed E-state index contributed by atoms with van der Waals surface area (Å²) in [6.07, 6.45) is -0.386. The maximum atomic E-state index is 9.92. The van der Waals surface area contributed by atoms with Crippen LogP contribution in [0, 0.1) is 0 Å². The number of aliphatic hydroxyl groups excluding tert-OH is 1. The van der Waals surface area contributed by atoms with Crippen molar-refractivity contribution in [2.75, 3.05) is 12.3 Å². The van der Waals surface area contributed by atoms with Crippen molar-refractivity contribution in [1.82, 2.24) is 5.32 Å². The van der Waals surface area contributed by atoms with Gasteiger partial charge in [0.15, 0.2) is 0 Å². The molecule has 0 saturated heterocycles. The third kappa shape index (κ3) is 6.46. The molecule has 0 aliphatic rings. The van der Waals surface area contributed by atoms with Crippen molar-refractivity contribution in [3.05, 3.63) is 22.4 Å². The minimum absolute atomic E-state index is 0.307. The van der Waals surface area contributed by atoms with Crippen LogP contribution in [0.4, 0.5) is 0 Å². The lowest BCUT2D eigenvalue weighted by Gasteiger charge is -2.22. The highest BCUT2D eigenvalue weighted by molar-refractivity contribution is 8.00. The zero-order valence-electron chi connectivity index (χ0n) is 11.1. The third-order valence-electron chi connectivity index (χ3n) is 2.35. The average molecular weight is 273 g/mol. The summed E-state index contributed by atoms with van der Waals surface area (Å²) >= 11 is 3.57. The van der Waals surface area contributed by atoms with E-state index in [2.05, 4.69) is 33.0 Å². The van der Waals surface area contributed by atoms with E-state index >= 15 is 0 Å². The van der Waals surface area contributed by atoms with Crippen molar-refractivity contribution in [1.29, 1.82) is 0 Å². The van der Waals surface area contributed by atoms with E-state index in [1.54, 1.807) is 11.3 Å². The van der Waals surface area contributed by atoms with Gasteiger partial charge in [0.2, 0.25) is 0 Å². The predicted molar refractivity (Wildman–Crippen MR) is 79.0 cm³/mol. The molecule has 1 aromatic heterocycles. The Morgan fingerprint density at radius 1 is 1.47 bits per heavy atom. The van der Waals surface area contributed by atoms with Crippen LogP contribution < -0.4 is 5.32 Å². The molecular weight excluding hydrogens is 250 g/mol. The molecule has 2 N–H and O–H groups in total. The molecule has 0 aliphatic carbocycles.